The maximum absolute atomic E-state index is 5.29. The van der Waals surface area contributed by atoms with Crippen molar-refractivity contribution in [1.29, 1.82) is 0 Å². The molecule has 2 aromatic rings. The molecule has 0 saturated heterocycles. The van der Waals surface area contributed by atoms with E-state index in [4.69, 9.17) is 4.74 Å². The number of aryl methyl sites for hydroxylation is 3. The molecule has 0 bridgehead atoms. The molecule has 1 unspecified atom stereocenters. The quantitative estimate of drug-likeness (QED) is 0.910. The van der Waals surface area contributed by atoms with E-state index in [9.17, 15) is 0 Å². The third-order valence-electron chi connectivity index (χ3n) is 3.56. The van der Waals surface area contributed by atoms with Crippen molar-refractivity contribution in [3.05, 3.63) is 46.8 Å². The summed E-state index contributed by atoms with van der Waals surface area (Å²) in [6.07, 6.45) is 2.09. The summed E-state index contributed by atoms with van der Waals surface area (Å²) in [6, 6.07) is 6.39. The Morgan fingerprint density at radius 2 is 2.05 bits per heavy atom. The second-order valence-electron chi connectivity index (χ2n) is 5.06. The number of rotatable bonds is 5. The smallest absolute Gasteiger partial charge is 0.119 e. The molecule has 2 rings (SSSR count). The van der Waals surface area contributed by atoms with Gasteiger partial charge in [0, 0.05) is 18.8 Å². The van der Waals surface area contributed by atoms with Gasteiger partial charge in [-0.1, -0.05) is 13.0 Å². The van der Waals surface area contributed by atoms with Gasteiger partial charge in [-0.15, -0.1) is 0 Å². The molecular weight excluding hydrogens is 250 g/mol. The van der Waals surface area contributed by atoms with Crippen molar-refractivity contribution in [2.24, 2.45) is 7.05 Å². The Morgan fingerprint density at radius 1 is 1.30 bits per heavy atom. The predicted octanol–water partition coefficient (Wildman–Crippen LogP) is 2.74. The summed E-state index contributed by atoms with van der Waals surface area (Å²) >= 11 is 0. The molecule has 4 heteroatoms. The molecule has 0 aliphatic heterocycles. The van der Waals surface area contributed by atoms with Crippen LogP contribution < -0.4 is 10.1 Å². The Balaban J connectivity index is 2.45. The molecule has 1 heterocycles. The van der Waals surface area contributed by atoms with Gasteiger partial charge in [-0.2, -0.15) is 5.10 Å². The van der Waals surface area contributed by atoms with E-state index in [1.54, 1.807) is 7.11 Å². The lowest BCUT2D eigenvalue weighted by Gasteiger charge is -2.20. The first-order valence-electron chi connectivity index (χ1n) is 6.94. The van der Waals surface area contributed by atoms with Crippen LogP contribution in [0.25, 0.3) is 0 Å². The van der Waals surface area contributed by atoms with Crippen molar-refractivity contribution in [3.8, 4) is 5.75 Å². The Hall–Kier alpha value is -1.81. The van der Waals surface area contributed by atoms with Crippen molar-refractivity contribution < 1.29 is 4.74 Å². The summed E-state index contributed by atoms with van der Waals surface area (Å²) in [5, 5.41) is 8.01. The highest BCUT2D eigenvalue weighted by molar-refractivity contribution is 5.41. The van der Waals surface area contributed by atoms with Gasteiger partial charge in [-0.05, 0) is 43.7 Å². The Kier molecular flexibility index (Phi) is 4.45. The minimum atomic E-state index is 0.166. The molecule has 4 nitrogen and oxygen atoms in total. The average Bonchev–Trinajstić information content (AvgIpc) is 2.75. The van der Waals surface area contributed by atoms with Crippen molar-refractivity contribution in [2.75, 3.05) is 13.7 Å². The molecule has 108 valence electrons. The van der Waals surface area contributed by atoms with Crippen molar-refractivity contribution in [2.45, 2.75) is 26.8 Å². The van der Waals surface area contributed by atoms with Gasteiger partial charge in [0.25, 0.3) is 0 Å². The average molecular weight is 273 g/mol. The zero-order chi connectivity index (χ0) is 14.7. The second kappa shape index (κ2) is 6.09. The van der Waals surface area contributed by atoms with Crippen LogP contribution in [0, 0.1) is 13.8 Å². The number of hydrogen-bond acceptors (Lipinski definition) is 3. The lowest BCUT2D eigenvalue weighted by atomic mass is 9.95. The third-order valence-corrected chi connectivity index (χ3v) is 3.56. The highest BCUT2D eigenvalue weighted by Gasteiger charge is 2.19. The standard InChI is InChI=1S/C16H23N3O/c1-6-17-16(15-10-19(4)18-12(15)3)14-8-7-13(20-5)9-11(14)2/h7-10,16-17H,6H2,1-5H3. The number of hydrogen-bond donors (Lipinski definition) is 1. The van der Waals surface area contributed by atoms with E-state index in [0.717, 1.165) is 18.0 Å². The first-order chi connectivity index (χ1) is 9.56. The van der Waals surface area contributed by atoms with Crippen LogP contribution in [0.3, 0.4) is 0 Å². The van der Waals surface area contributed by atoms with Gasteiger partial charge in [0.15, 0.2) is 0 Å². The summed E-state index contributed by atoms with van der Waals surface area (Å²) < 4.78 is 7.16. The van der Waals surface area contributed by atoms with Crippen LogP contribution in [0.4, 0.5) is 0 Å². The number of aromatic nitrogens is 2. The van der Waals surface area contributed by atoms with Gasteiger partial charge in [-0.3, -0.25) is 4.68 Å². The summed E-state index contributed by atoms with van der Waals surface area (Å²) in [4.78, 5) is 0. The van der Waals surface area contributed by atoms with E-state index in [1.807, 2.05) is 17.8 Å². The van der Waals surface area contributed by atoms with E-state index in [0.29, 0.717) is 0 Å². The SMILES string of the molecule is CCNC(c1ccc(OC)cc1C)c1cn(C)nc1C. The fourth-order valence-corrected chi connectivity index (χ4v) is 2.59. The highest BCUT2D eigenvalue weighted by Crippen LogP contribution is 2.28. The van der Waals surface area contributed by atoms with Gasteiger partial charge >= 0.3 is 0 Å². The van der Waals surface area contributed by atoms with Crippen molar-refractivity contribution in [3.63, 3.8) is 0 Å². The molecule has 20 heavy (non-hydrogen) atoms. The first kappa shape index (κ1) is 14.6. The zero-order valence-corrected chi connectivity index (χ0v) is 12.9. The van der Waals surface area contributed by atoms with E-state index in [2.05, 4.69) is 49.5 Å². The molecule has 0 aliphatic carbocycles. The topological polar surface area (TPSA) is 39.1 Å². The lowest BCUT2D eigenvalue weighted by molar-refractivity contribution is 0.414. The molecule has 0 amide bonds. The van der Waals surface area contributed by atoms with Gasteiger partial charge in [0.1, 0.15) is 5.75 Å². The first-order valence-corrected chi connectivity index (χ1v) is 6.94. The number of nitrogens with zero attached hydrogens (tertiary/aromatic N) is 2. The molecule has 0 spiro atoms. The van der Waals surface area contributed by atoms with E-state index in [-0.39, 0.29) is 6.04 Å². The maximum Gasteiger partial charge on any atom is 0.119 e. The highest BCUT2D eigenvalue weighted by atomic mass is 16.5. The van der Waals surface area contributed by atoms with Gasteiger partial charge in [0.05, 0.1) is 18.8 Å². The van der Waals surface area contributed by atoms with Gasteiger partial charge in [0.2, 0.25) is 0 Å². The normalized spacial score (nSPS) is 12.4. The van der Waals surface area contributed by atoms with Crippen LogP contribution in [0.1, 0.15) is 35.3 Å². The fourth-order valence-electron chi connectivity index (χ4n) is 2.59. The summed E-state index contributed by atoms with van der Waals surface area (Å²) in [5.74, 6) is 0.893. The fraction of sp³-hybridized carbons (Fsp3) is 0.438. The van der Waals surface area contributed by atoms with Crippen LogP contribution >= 0.6 is 0 Å². The number of benzene rings is 1. The van der Waals surface area contributed by atoms with Crippen LogP contribution in [0.15, 0.2) is 24.4 Å². The number of ether oxygens (including phenoxy) is 1. The Bertz CT molecular complexity index is 589. The van der Waals surface area contributed by atoms with Gasteiger partial charge < -0.3 is 10.1 Å². The minimum Gasteiger partial charge on any atom is -0.497 e. The van der Waals surface area contributed by atoms with E-state index < -0.39 is 0 Å². The van der Waals surface area contributed by atoms with Crippen molar-refractivity contribution in [1.82, 2.24) is 15.1 Å². The molecule has 1 atom stereocenters. The molecule has 0 fully saturated rings. The maximum atomic E-state index is 5.29. The van der Waals surface area contributed by atoms with E-state index >= 15 is 0 Å². The van der Waals surface area contributed by atoms with Crippen LogP contribution in [-0.2, 0) is 7.05 Å². The molecule has 1 aromatic carbocycles. The van der Waals surface area contributed by atoms with Crippen LogP contribution in [0.5, 0.6) is 5.75 Å². The lowest BCUT2D eigenvalue weighted by Crippen LogP contribution is -2.23. The second-order valence-corrected chi connectivity index (χ2v) is 5.06. The largest absolute Gasteiger partial charge is 0.497 e. The zero-order valence-electron chi connectivity index (χ0n) is 12.9. The summed E-state index contributed by atoms with van der Waals surface area (Å²) in [7, 11) is 3.65. The monoisotopic (exact) mass is 273 g/mol. The third kappa shape index (κ3) is 2.85. The molecule has 0 aliphatic rings. The summed E-state index contributed by atoms with van der Waals surface area (Å²) in [5.41, 5.74) is 4.78. The summed E-state index contributed by atoms with van der Waals surface area (Å²) in [6.45, 7) is 7.20. The molecule has 1 N–H and O–H groups in total. The molecular formula is C16H23N3O. The number of methoxy groups -OCH3 is 1. The molecule has 0 saturated carbocycles. The Morgan fingerprint density at radius 3 is 2.55 bits per heavy atom. The van der Waals surface area contributed by atoms with Crippen LogP contribution in [-0.4, -0.2) is 23.4 Å². The Labute approximate surface area is 120 Å². The van der Waals surface area contributed by atoms with Gasteiger partial charge in [-0.25, -0.2) is 0 Å². The molecule has 1 aromatic heterocycles. The minimum absolute atomic E-state index is 0.166. The van der Waals surface area contributed by atoms with E-state index in [1.165, 1.54) is 16.7 Å². The van der Waals surface area contributed by atoms with Crippen LogP contribution in [0.2, 0.25) is 0 Å². The van der Waals surface area contributed by atoms with Crippen molar-refractivity contribution >= 4 is 0 Å². The molecule has 0 radical (unpaired) electrons. The number of nitrogens with one attached hydrogen (secondary N) is 1. The predicted molar refractivity (Wildman–Crippen MR) is 81.2 cm³/mol.